The number of nitrogens with one attached hydrogen (secondary N) is 1. The topological polar surface area (TPSA) is 114 Å². The van der Waals surface area contributed by atoms with Crippen LogP contribution in [0.4, 0.5) is 0 Å². The summed E-state index contributed by atoms with van der Waals surface area (Å²) in [6.45, 7) is 10.2. The molecule has 5 N–H and O–H groups in total. The van der Waals surface area contributed by atoms with Crippen LogP contribution in [0.5, 0.6) is 5.75 Å². The van der Waals surface area contributed by atoms with Crippen LogP contribution in [-0.4, -0.2) is 76.7 Å². The molecule has 0 spiro atoms. The van der Waals surface area contributed by atoms with Gasteiger partial charge in [0.05, 0.1) is 24.1 Å². The van der Waals surface area contributed by atoms with E-state index in [1.165, 1.54) is 11.1 Å². The maximum absolute atomic E-state index is 6.10. The van der Waals surface area contributed by atoms with Crippen LogP contribution in [0, 0.1) is 5.92 Å². The fourth-order valence-corrected chi connectivity index (χ4v) is 5.04. The highest BCUT2D eigenvalue weighted by atomic mass is 16.5. The molecule has 9 heteroatoms. The van der Waals surface area contributed by atoms with Crippen LogP contribution in [0.1, 0.15) is 30.5 Å². The van der Waals surface area contributed by atoms with E-state index in [9.17, 15) is 0 Å². The molecule has 0 aliphatic heterocycles. The minimum Gasteiger partial charge on any atom is -0.492 e. The average molecular weight is 559 g/mol. The number of hydrogen-bond acceptors (Lipinski definition) is 7. The molecule has 0 aliphatic rings. The molecule has 0 saturated carbocycles. The van der Waals surface area contributed by atoms with Gasteiger partial charge in [-0.15, -0.1) is 0 Å². The van der Waals surface area contributed by atoms with Crippen LogP contribution >= 0.6 is 0 Å². The number of ether oxygens (including phenoxy) is 1. The molecule has 2 aromatic carbocycles. The molecule has 0 aliphatic carbocycles. The first-order valence-electron chi connectivity index (χ1n) is 14.5. The van der Waals surface area contributed by atoms with Gasteiger partial charge in [-0.1, -0.05) is 38.1 Å². The van der Waals surface area contributed by atoms with Gasteiger partial charge in [-0.05, 0) is 56.3 Å². The van der Waals surface area contributed by atoms with Crippen molar-refractivity contribution >= 4 is 0 Å². The molecular weight excluding hydrogens is 512 g/mol. The zero-order chi connectivity index (χ0) is 29.2. The van der Waals surface area contributed by atoms with Crippen molar-refractivity contribution in [2.75, 3.05) is 46.9 Å². The Balaban J connectivity index is 1.40. The predicted molar refractivity (Wildman–Crippen MR) is 167 cm³/mol. The summed E-state index contributed by atoms with van der Waals surface area (Å²) < 4.78 is 8.09. The van der Waals surface area contributed by atoms with E-state index in [-0.39, 0.29) is 0 Å². The van der Waals surface area contributed by atoms with Crippen molar-refractivity contribution in [2.24, 2.45) is 17.4 Å². The number of hydrogen-bond donors (Lipinski definition) is 3. The van der Waals surface area contributed by atoms with E-state index < -0.39 is 0 Å². The van der Waals surface area contributed by atoms with Crippen molar-refractivity contribution in [3.05, 3.63) is 77.6 Å². The van der Waals surface area contributed by atoms with Crippen LogP contribution in [0.3, 0.4) is 0 Å². The second-order valence-electron chi connectivity index (χ2n) is 11.3. The van der Waals surface area contributed by atoms with Crippen LogP contribution in [0.2, 0.25) is 0 Å². The molecule has 0 saturated heterocycles. The Kier molecular flexibility index (Phi) is 11.1. The van der Waals surface area contributed by atoms with Gasteiger partial charge in [0.15, 0.2) is 0 Å². The first-order chi connectivity index (χ1) is 19.9. The number of benzene rings is 2. The first-order valence-corrected chi connectivity index (χ1v) is 14.5. The van der Waals surface area contributed by atoms with Crippen LogP contribution < -0.4 is 16.2 Å². The van der Waals surface area contributed by atoms with Gasteiger partial charge in [-0.2, -0.15) is 10.2 Å². The fourth-order valence-electron chi connectivity index (χ4n) is 5.04. The van der Waals surface area contributed by atoms with Crippen LogP contribution in [0.25, 0.3) is 22.5 Å². The second kappa shape index (κ2) is 14.9. The van der Waals surface area contributed by atoms with Gasteiger partial charge in [-0.25, -0.2) is 0 Å². The summed E-state index contributed by atoms with van der Waals surface area (Å²) in [5, 5.41) is 12.4. The van der Waals surface area contributed by atoms with E-state index in [0.29, 0.717) is 32.2 Å². The van der Waals surface area contributed by atoms with Crippen molar-refractivity contribution in [3.63, 3.8) is 0 Å². The van der Waals surface area contributed by atoms with Crippen LogP contribution in [-0.2, 0) is 26.1 Å². The number of aromatic nitrogens is 4. The molecule has 0 unspecified atom stereocenters. The minimum absolute atomic E-state index is 0.519. The van der Waals surface area contributed by atoms with E-state index in [1.807, 2.05) is 23.0 Å². The summed E-state index contributed by atoms with van der Waals surface area (Å²) in [4.78, 5) is 4.42. The molecule has 2 heterocycles. The monoisotopic (exact) mass is 558 g/mol. The lowest BCUT2D eigenvalue weighted by Gasteiger charge is -2.15. The fraction of sp³-hybridized carbons (Fsp3) is 0.438. The number of aromatic amines is 1. The van der Waals surface area contributed by atoms with E-state index in [4.69, 9.17) is 21.3 Å². The second-order valence-corrected chi connectivity index (χ2v) is 11.3. The molecule has 4 aromatic rings. The third kappa shape index (κ3) is 8.74. The summed E-state index contributed by atoms with van der Waals surface area (Å²) in [5.74, 6) is 1.46. The van der Waals surface area contributed by atoms with Crippen molar-refractivity contribution in [3.8, 4) is 28.3 Å². The van der Waals surface area contributed by atoms with Crippen molar-refractivity contribution in [1.82, 2.24) is 29.8 Å². The quantitative estimate of drug-likeness (QED) is 0.190. The molecule has 0 radical (unpaired) electrons. The predicted octanol–water partition coefficient (Wildman–Crippen LogP) is 4.00. The maximum Gasteiger partial charge on any atom is 0.119 e. The standard InChI is InChI=1S/C32H46N8O/c1-24(2)19-25-5-7-27(8-6-25)32-29(22-39(4)16-14-34)23-40(37-32)17-18-41-30-11-9-26(10-12-30)31-28(20-35-36-31)21-38(3)15-13-33/h5-12,20,23-24H,13-19,21-22,33-34H2,1-4H3,(H,35,36). The number of rotatable bonds is 16. The Morgan fingerprint density at radius 3 is 2.15 bits per heavy atom. The highest BCUT2D eigenvalue weighted by molar-refractivity contribution is 5.64. The molecule has 9 nitrogen and oxygen atoms in total. The Hall–Kier alpha value is -3.50. The van der Waals surface area contributed by atoms with Crippen LogP contribution in [0.15, 0.2) is 60.9 Å². The third-order valence-corrected chi connectivity index (χ3v) is 7.06. The summed E-state index contributed by atoms with van der Waals surface area (Å²) in [6.07, 6.45) is 5.10. The lowest BCUT2D eigenvalue weighted by Crippen LogP contribution is -2.25. The highest BCUT2D eigenvalue weighted by Gasteiger charge is 2.14. The molecule has 0 fully saturated rings. The molecule has 41 heavy (non-hydrogen) atoms. The SMILES string of the molecule is CC(C)Cc1ccc(-c2nn(CCOc3ccc(-c4[nH]ncc4CN(C)CCN)cc3)cc2CN(C)CCN)cc1. The van der Waals surface area contributed by atoms with Gasteiger partial charge in [0.25, 0.3) is 0 Å². The molecular formula is C32H46N8O. The molecule has 0 bridgehead atoms. The van der Waals surface area contributed by atoms with Crippen molar-refractivity contribution < 1.29 is 4.74 Å². The van der Waals surface area contributed by atoms with Gasteiger partial charge < -0.3 is 26.0 Å². The van der Waals surface area contributed by atoms with Gasteiger partial charge in [0.1, 0.15) is 12.4 Å². The average Bonchev–Trinajstić information content (AvgIpc) is 3.56. The Morgan fingerprint density at radius 1 is 0.878 bits per heavy atom. The molecule has 0 atom stereocenters. The number of nitrogens with zero attached hydrogens (tertiary/aromatic N) is 5. The van der Waals surface area contributed by atoms with Gasteiger partial charge in [0.2, 0.25) is 0 Å². The van der Waals surface area contributed by atoms with Crippen molar-refractivity contribution in [2.45, 2.75) is 39.9 Å². The zero-order valence-corrected chi connectivity index (χ0v) is 25.0. The van der Waals surface area contributed by atoms with Crippen molar-refractivity contribution in [1.29, 1.82) is 0 Å². The minimum atomic E-state index is 0.519. The van der Waals surface area contributed by atoms with Gasteiger partial charge in [0, 0.05) is 67.7 Å². The summed E-state index contributed by atoms with van der Waals surface area (Å²) in [7, 11) is 4.16. The zero-order valence-electron chi connectivity index (χ0n) is 25.0. The Morgan fingerprint density at radius 2 is 1.51 bits per heavy atom. The third-order valence-electron chi connectivity index (χ3n) is 7.06. The first kappa shape index (κ1) is 30.5. The van der Waals surface area contributed by atoms with E-state index in [0.717, 1.165) is 66.4 Å². The molecule has 0 amide bonds. The number of likely N-dealkylation sites (N-methyl/N-ethyl adjacent to an activating group) is 2. The summed E-state index contributed by atoms with van der Waals surface area (Å²) >= 11 is 0. The van der Waals surface area contributed by atoms with E-state index in [1.54, 1.807) is 0 Å². The molecule has 220 valence electrons. The lowest BCUT2D eigenvalue weighted by molar-refractivity contribution is 0.291. The highest BCUT2D eigenvalue weighted by Crippen LogP contribution is 2.26. The maximum atomic E-state index is 6.10. The smallest absolute Gasteiger partial charge is 0.119 e. The number of nitrogens with two attached hydrogens (primary N) is 2. The lowest BCUT2D eigenvalue weighted by atomic mass is 10.00. The Bertz CT molecular complexity index is 1330. The molecule has 2 aromatic heterocycles. The van der Waals surface area contributed by atoms with Gasteiger partial charge in [-0.3, -0.25) is 9.78 Å². The summed E-state index contributed by atoms with van der Waals surface area (Å²) in [6, 6.07) is 17.0. The summed E-state index contributed by atoms with van der Waals surface area (Å²) in [5.41, 5.74) is 19.4. The van der Waals surface area contributed by atoms with E-state index in [2.05, 4.69) is 90.5 Å². The number of H-pyrrole nitrogens is 1. The Labute approximate surface area is 244 Å². The van der Waals surface area contributed by atoms with E-state index >= 15 is 0 Å². The molecule has 4 rings (SSSR count). The normalized spacial score (nSPS) is 11.7. The largest absolute Gasteiger partial charge is 0.492 e. The van der Waals surface area contributed by atoms with Gasteiger partial charge >= 0.3 is 0 Å².